The molecule has 1 heterocycles. The van der Waals surface area contributed by atoms with Gasteiger partial charge in [0.05, 0.1) is 5.52 Å². The summed E-state index contributed by atoms with van der Waals surface area (Å²) in [5.74, 6) is -0.661. The largest absolute Gasteiger partial charge is 0.481 e. The lowest BCUT2D eigenvalue weighted by molar-refractivity contribution is -0.138. The first-order valence-electron chi connectivity index (χ1n) is 10.4. The quantitative estimate of drug-likeness (QED) is 0.429. The normalized spacial score (nSPS) is 12.6. The first kappa shape index (κ1) is 22.5. The maximum absolute atomic E-state index is 13.2. The Morgan fingerprint density at radius 1 is 1.11 bits per heavy atom. The molecular formula is C23H32ClNO3. The summed E-state index contributed by atoms with van der Waals surface area (Å²) in [6.07, 6.45) is 6.39. The van der Waals surface area contributed by atoms with E-state index in [9.17, 15) is 14.7 Å². The highest BCUT2D eigenvalue weighted by Gasteiger charge is 2.22. The fourth-order valence-electron chi connectivity index (χ4n) is 3.95. The van der Waals surface area contributed by atoms with Crippen LogP contribution in [-0.4, -0.2) is 21.6 Å². The van der Waals surface area contributed by atoms with E-state index < -0.39 is 5.97 Å². The van der Waals surface area contributed by atoms with E-state index in [-0.39, 0.29) is 24.7 Å². The Kier molecular flexibility index (Phi) is 8.56. The number of carboxylic acid groups (broad SMARTS) is 1. The second-order valence-electron chi connectivity index (χ2n) is 8.18. The number of aryl methyl sites for hydroxylation is 1. The van der Waals surface area contributed by atoms with Crippen LogP contribution in [0.15, 0.2) is 24.3 Å². The predicted molar refractivity (Wildman–Crippen MR) is 115 cm³/mol. The van der Waals surface area contributed by atoms with Gasteiger partial charge in [0.25, 0.3) is 0 Å². The molecule has 1 atom stereocenters. The molecule has 0 saturated heterocycles. The second kappa shape index (κ2) is 10.7. The fraction of sp³-hybridized carbons (Fsp3) is 0.565. The molecule has 1 aromatic heterocycles. The Labute approximate surface area is 172 Å². The summed E-state index contributed by atoms with van der Waals surface area (Å²) in [7, 11) is 0. The van der Waals surface area contributed by atoms with Crippen LogP contribution in [0, 0.1) is 11.8 Å². The van der Waals surface area contributed by atoms with Gasteiger partial charge in [0.2, 0.25) is 5.91 Å². The van der Waals surface area contributed by atoms with Gasteiger partial charge in [0.15, 0.2) is 0 Å². The number of hydrogen-bond acceptors (Lipinski definition) is 2. The molecule has 154 valence electrons. The van der Waals surface area contributed by atoms with Gasteiger partial charge in [-0.1, -0.05) is 51.6 Å². The number of halogens is 1. The van der Waals surface area contributed by atoms with Crippen LogP contribution in [0.1, 0.15) is 76.2 Å². The molecule has 0 bridgehead atoms. The van der Waals surface area contributed by atoms with Gasteiger partial charge in [0, 0.05) is 28.9 Å². The van der Waals surface area contributed by atoms with Gasteiger partial charge < -0.3 is 5.11 Å². The van der Waals surface area contributed by atoms with Crippen molar-refractivity contribution in [2.75, 3.05) is 0 Å². The van der Waals surface area contributed by atoms with Crippen LogP contribution in [0.2, 0.25) is 5.02 Å². The molecule has 4 nitrogen and oxygen atoms in total. The molecule has 0 radical (unpaired) electrons. The smallest absolute Gasteiger partial charge is 0.303 e. The highest BCUT2D eigenvalue weighted by atomic mass is 35.5. The van der Waals surface area contributed by atoms with E-state index in [2.05, 4.69) is 26.8 Å². The minimum Gasteiger partial charge on any atom is -0.481 e. The lowest BCUT2D eigenvalue weighted by Gasteiger charge is -2.18. The van der Waals surface area contributed by atoms with E-state index in [1.807, 2.05) is 12.1 Å². The van der Waals surface area contributed by atoms with Crippen LogP contribution in [0.4, 0.5) is 0 Å². The number of rotatable bonds is 11. The van der Waals surface area contributed by atoms with E-state index in [0.717, 1.165) is 42.3 Å². The van der Waals surface area contributed by atoms with Crippen LogP contribution in [0.25, 0.3) is 10.9 Å². The van der Waals surface area contributed by atoms with Crippen LogP contribution in [0.5, 0.6) is 0 Å². The number of aliphatic carboxylic acids is 1. The zero-order chi connectivity index (χ0) is 20.7. The van der Waals surface area contributed by atoms with Crippen molar-refractivity contribution in [3.8, 4) is 0 Å². The first-order valence-corrected chi connectivity index (χ1v) is 10.7. The minimum absolute atomic E-state index is 0.0188. The molecule has 1 N–H and O–H groups in total. The third-order valence-corrected chi connectivity index (χ3v) is 5.34. The maximum Gasteiger partial charge on any atom is 0.303 e. The monoisotopic (exact) mass is 405 g/mol. The van der Waals surface area contributed by atoms with E-state index >= 15 is 0 Å². The number of hydrogen-bond donors (Lipinski definition) is 1. The third-order valence-electron chi connectivity index (χ3n) is 5.11. The number of benzene rings is 1. The van der Waals surface area contributed by atoms with Gasteiger partial charge in [0.1, 0.15) is 0 Å². The van der Waals surface area contributed by atoms with E-state index in [4.69, 9.17) is 11.6 Å². The van der Waals surface area contributed by atoms with Crippen molar-refractivity contribution in [1.29, 1.82) is 0 Å². The van der Waals surface area contributed by atoms with Crippen molar-refractivity contribution in [2.24, 2.45) is 11.8 Å². The fourth-order valence-corrected chi connectivity index (χ4v) is 4.13. The maximum atomic E-state index is 13.2. The summed E-state index contributed by atoms with van der Waals surface area (Å²) < 4.78 is 1.80. The molecule has 5 heteroatoms. The van der Waals surface area contributed by atoms with Crippen LogP contribution < -0.4 is 0 Å². The van der Waals surface area contributed by atoms with Crippen molar-refractivity contribution >= 4 is 34.4 Å². The lowest BCUT2D eigenvalue weighted by Crippen LogP contribution is -2.20. The Hall–Kier alpha value is -1.81. The topological polar surface area (TPSA) is 59.3 Å². The summed E-state index contributed by atoms with van der Waals surface area (Å²) in [6.45, 7) is 6.30. The van der Waals surface area contributed by atoms with Crippen molar-refractivity contribution in [3.63, 3.8) is 0 Å². The zero-order valence-electron chi connectivity index (χ0n) is 17.2. The molecule has 0 aliphatic heterocycles. The second-order valence-corrected chi connectivity index (χ2v) is 8.61. The Morgan fingerprint density at radius 3 is 2.50 bits per heavy atom. The highest BCUT2D eigenvalue weighted by Crippen LogP contribution is 2.27. The molecule has 0 amide bonds. The summed E-state index contributed by atoms with van der Waals surface area (Å²) in [6, 6.07) is 7.63. The first-order chi connectivity index (χ1) is 13.3. The van der Waals surface area contributed by atoms with E-state index in [1.54, 1.807) is 10.6 Å². The van der Waals surface area contributed by atoms with Crippen molar-refractivity contribution in [2.45, 2.75) is 72.1 Å². The van der Waals surface area contributed by atoms with Gasteiger partial charge in [-0.3, -0.25) is 14.2 Å². The minimum atomic E-state index is -0.845. The van der Waals surface area contributed by atoms with Gasteiger partial charge in [-0.05, 0) is 55.4 Å². The number of aromatic nitrogens is 1. The molecule has 0 aliphatic carbocycles. The summed E-state index contributed by atoms with van der Waals surface area (Å²) in [5, 5.41) is 10.8. The molecule has 0 saturated carbocycles. The van der Waals surface area contributed by atoms with Crippen molar-refractivity contribution in [3.05, 3.63) is 35.0 Å². The average Bonchev–Trinajstić information content (AvgIpc) is 2.94. The van der Waals surface area contributed by atoms with Gasteiger partial charge >= 0.3 is 5.97 Å². The van der Waals surface area contributed by atoms with Gasteiger partial charge in [-0.15, -0.1) is 0 Å². The highest BCUT2D eigenvalue weighted by molar-refractivity contribution is 6.31. The Morgan fingerprint density at radius 2 is 1.86 bits per heavy atom. The van der Waals surface area contributed by atoms with Crippen LogP contribution in [0.3, 0.4) is 0 Å². The third kappa shape index (κ3) is 6.37. The number of carbonyl (C=O) groups excluding carboxylic acids is 1. The zero-order valence-corrected chi connectivity index (χ0v) is 18.0. The summed E-state index contributed by atoms with van der Waals surface area (Å²) in [4.78, 5) is 24.5. The van der Waals surface area contributed by atoms with Crippen molar-refractivity contribution in [1.82, 2.24) is 4.57 Å². The molecule has 0 aliphatic rings. The number of unbranched alkanes of at least 4 members (excludes halogenated alkanes) is 3. The number of carbonyl (C=O) groups is 2. The van der Waals surface area contributed by atoms with E-state index in [0.29, 0.717) is 10.9 Å². The van der Waals surface area contributed by atoms with Gasteiger partial charge in [-0.2, -0.15) is 0 Å². The molecular weight excluding hydrogens is 374 g/mol. The van der Waals surface area contributed by atoms with Crippen molar-refractivity contribution < 1.29 is 14.7 Å². The number of carboxylic acids is 1. The van der Waals surface area contributed by atoms with Gasteiger partial charge in [-0.25, -0.2) is 0 Å². The molecule has 28 heavy (non-hydrogen) atoms. The molecule has 1 aromatic carbocycles. The summed E-state index contributed by atoms with van der Waals surface area (Å²) in [5.41, 5.74) is 1.86. The Bertz CT molecular complexity index is 810. The standard InChI is InChI=1S/C23H32ClNO3/c1-4-5-6-7-8-20-15-18-14-19(24)9-10-21(18)25(20)22(26)12-17(11-16(2)3)13-23(27)28/h9-10,14-17H,4-8,11-13H2,1-3H3,(H,27,28). The van der Waals surface area contributed by atoms with Crippen LogP contribution in [-0.2, 0) is 11.2 Å². The van der Waals surface area contributed by atoms with Crippen LogP contribution >= 0.6 is 11.6 Å². The molecule has 0 spiro atoms. The number of nitrogens with zero attached hydrogens (tertiary/aromatic N) is 1. The predicted octanol–water partition coefficient (Wildman–Crippen LogP) is 6.58. The molecule has 2 rings (SSSR count). The molecule has 2 aromatic rings. The SMILES string of the molecule is CCCCCCc1cc2cc(Cl)ccc2n1C(=O)CC(CC(=O)O)CC(C)C. The molecule has 0 fully saturated rings. The Balaban J connectivity index is 2.30. The molecule has 1 unspecified atom stereocenters. The number of fused-ring (bicyclic) bond motifs is 1. The summed E-state index contributed by atoms with van der Waals surface area (Å²) >= 11 is 6.14. The van der Waals surface area contributed by atoms with E-state index in [1.165, 1.54) is 12.8 Å². The average molecular weight is 406 g/mol. The lowest BCUT2D eigenvalue weighted by atomic mass is 9.91.